The van der Waals surface area contributed by atoms with Gasteiger partial charge in [0.2, 0.25) is 0 Å². The van der Waals surface area contributed by atoms with Gasteiger partial charge in [0.05, 0.1) is 10.6 Å². The van der Waals surface area contributed by atoms with Crippen LogP contribution in [-0.4, -0.2) is 30.4 Å². The number of amides is 1. The van der Waals surface area contributed by atoms with Crippen LogP contribution >= 0.6 is 35.6 Å². The molecule has 1 amide bonds. The highest BCUT2D eigenvalue weighted by Crippen LogP contribution is 2.24. The molecule has 0 aliphatic carbocycles. The second-order valence-corrected chi connectivity index (χ2v) is 6.47. The van der Waals surface area contributed by atoms with E-state index in [1.165, 1.54) is 5.56 Å². The highest BCUT2D eigenvalue weighted by Gasteiger charge is 2.23. The summed E-state index contributed by atoms with van der Waals surface area (Å²) >= 11 is 12.1. The maximum Gasteiger partial charge on any atom is 0.255 e. The molecule has 0 radical (unpaired) electrons. The zero-order chi connectivity index (χ0) is 16.2. The van der Waals surface area contributed by atoms with Gasteiger partial charge < -0.3 is 10.2 Å². The van der Waals surface area contributed by atoms with Crippen molar-refractivity contribution in [2.75, 3.05) is 19.6 Å². The van der Waals surface area contributed by atoms with Crippen molar-refractivity contribution in [1.82, 2.24) is 10.2 Å². The average Bonchev–Trinajstić information content (AvgIpc) is 2.81. The minimum atomic E-state index is -0.0396. The lowest BCUT2D eigenvalue weighted by molar-refractivity contribution is 0.0765. The van der Waals surface area contributed by atoms with Crippen LogP contribution in [0.3, 0.4) is 0 Å². The molecule has 0 saturated carbocycles. The first kappa shape index (κ1) is 19.1. The van der Waals surface area contributed by atoms with Gasteiger partial charge in [-0.15, -0.1) is 12.4 Å². The fourth-order valence-corrected chi connectivity index (χ4v) is 3.37. The predicted molar refractivity (Wildman–Crippen MR) is 101 cm³/mol. The number of rotatable bonds is 2. The SMILES string of the molecule is Cl.O=C(c1ccc(Cl)cc1Cl)N1CCNC(c2ccccc2)CC1. The lowest BCUT2D eigenvalue weighted by Crippen LogP contribution is -2.34. The van der Waals surface area contributed by atoms with Gasteiger partial charge >= 0.3 is 0 Å². The third kappa shape index (κ3) is 4.42. The fraction of sp³-hybridized carbons (Fsp3) is 0.278. The van der Waals surface area contributed by atoms with Crippen molar-refractivity contribution < 1.29 is 4.79 Å². The van der Waals surface area contributed by atoms with Gasteiger partial charge in [0.25, 0.3) is 5.91 Å². The van der Waals surface area contributed by atoms with Crippen LogP contribution in [0.15, 0.2) is 48.5 Å². The van der Waals surface area contributed by atoms with E-state index in [0.717, 1.165) is 13.0 Å². The first-order chi connectivity index (χ1) is 11.1. The maximum absolute atomic E-state index is 12.7. The Morgan fingerprint density at radius 3 is 2.54 bits per heavy atom. The molecular weight excluding hydrogens is 367 g/mol. The minimum Gasteiger partial charge on any atom is -0.337 e. The summed E-state index contributed by atoms with van der Waals surface area (Å²) in [6, 6.07) is 15.6. The van der Waals surface area contributed by atoms with Crippen LogP contribution in [0.5, 0.6) is 0 Å². The van der Waals surface area contributed by atoms with E-state index in [1.807, 2.05) is 23.1 Å². The quantitative estimate of drug-likeness (QED) is 0.820. The number of halogens is 3. The van der Waals surface area contributed by atoms with Crippen molar-refractivity contribution in [3.63, 3.8) is 0 Å². The topological polar surface area (TPSA) is 32.3 Å². The smallest absolute Gasteiger partial charge is 0.255 e. The molecule has 2 aromatic carbocycles. The molecule has 1 saturated heterocycles. The molecule has 1 atom stereocenters. The van der Waals surface area contributed by atoms with Gasteiger partial charge in [-0.25, -0.2) is 0 Å². The summed E-state index contributed by atoms with van der Waals surface area (Å²) in [5.41, 5.74) is 1.76. The van der Waals surface area contributed by atoms with Crippen LogP contribution in [0.25, 0.3) is 0 Å². The predicted octanol–water partition coefficient (Wildman–Crippen LogP) is 4.59. The van der Waals surface area contributed by atoms with Gasteiger partial charge in [-0.05, 0) is 30.2 Å². The zero-order valence-electron chi connectivity index (χ0n) is 13.0. The monoisotopic (exact) mass is 384 g/mol. The Labute approximate surface area is 158 Å². The van der Waals surface area contributed by atoms with Gasteiger partial charge in [-0.3, -0.25) is 4.79 Å². The number of hydrogen-bond acceptors (Lipinski definition) is 2. The summed E-state index contributed by atoms with van der Waals surface area (Å²) in [6.45, 7) is 2.13. The molecule has 1 heterocycles. The first-order valence-electron chi connectivity index (χ1n) is 7.68. The van der Waals surface area contributed by atoms with Crippen molar-refractivity contribution in [3.05, 3.63) is 69.7 Å². The lowest BCUT2D eigenvalue weighted by atomic mass is 10.0. The maximum atomic E-state index is 12.7. The van der Waals surface area contributed by atoms with E-state index in [0.29, 0.717) is 28.7 Å². The van der Waals surface area contributed by atoms with E-state index in [2.05, 4.69) is 17.4 Å². The summed E-state index contributed by atoms with van der Waals surface area (Å²) in [6.07, 6.45) is 0.876. The van der Waals surface area contributed by atoms with Gasteiger partial charge in [-0.2, -0.15) is 0 Å². The molecule has 3 rings (SSSR count). The van der Waals surface area contributed by atoms with Crippen molar-refractivity contribution in [1.29, 1.82) is 0 Å². The summed E-state index contributed by atoms with van der Waals surface area (Å²) in [7, 11) is 0. The zero-order valence-corrected chi connectivity index (χ0v) is 15.4. The summed E-state index contributed by atoms with van der Waals surface area (Å²) in [5.74, 6) is -0.0396. The molecule has 1 N–H and O–H groups in total. The Hall–Kier alpha value is -1.26. The van der Waals surface area contributed by atoms with E-state index >= 15 is 0 Å². The number of nitrogens with one attached hydrogen (secondary N) is 1. The normalized spacial score (nSPS) is 17.8. The Morgan fingerprint density at radius 1 is 1.08 bits per heavy atom. The molecule has 6 heteroatoms. The van der Waals surface area contributed by atoms with Crippen LogP contribution in [0.4, 0.5) is 0 Å². The molecule has 2 aromatic rings. The highest BCUT2D eigenvalue weighted by molar-refractivity contribution is 6.36. The second-order valence-electron chi connectivity index (χ2n) is 5.62. The Balaban J connectivity index is 0.00000208. The molecular formula is C18H19Cl3N2O. The molecule has 1 fully saturated rings. The van der Waals surface area contributed by atoms with Gasteiger partial charge in [-0.1, -0.05) is 53.5 Å². The fourth-order valence-electron chi connectivity index (χ4n) is 2.88. The van der Waals surface area contributed by atoms with Crippen molar-refractivity contribution in [2.45, 2.75) is 12.5 Å². The number of carbonyl (C=O) groups excluding carboxylic acids is 1. The highest BCUT2D eigenvalue weighted by atomic mass is 35.5. The molecule has 1 aliphatic rings. The van der Waals surface area contributed by atoms with Crippen molar-refractivity contribution >= 4 is 41.5 Å². The second kappa shape index (κ2) is 8.72. The molecule has 128 valence electrons. The molecule has 1 unspecified atom stereocenters. The molecule has 0 spiro atoms. The van der Waals surface area contributed by atoms with E-state index in [9.17, 15) is 4.79 Å². The standard InChI is InChI=1S/C18H18Cl2N2O.ClH/c19-14-6-7-15(16(20)12-14)18(23)22-10-8-17(21-9-11-22)13-4-2-1-3-5-13;/h1-7,12,17,21H,8-11H2;1H. The third-order valence-electron chi connectivity index (χ3n) is 4.11. The van der Waals surface area contributed by atoms with Crippen LogP contribution in [0.2, 0.25) is 10.0 Å². The van der Waals surface area contributed by atoms with E-state index in [-0.39, 0.29) is 24.4 Å². The lowest BCUT2D eigenvalue weighted by Gasteiger charge is -2.21. The molecule has 3 nitrogen and oxygen atoms in total. The van der Waals surface area contributed by atoms with Crippen molar-refractivity contribution in [2.24, 2.45) is 0 Å². The van der Waals surface area contributed by atoms with Gasteiger partial charge in [0.15, 0.2) is 0 Å². The van der Waals surface area contributed by atoms with Crippen LogP contribution < -0.4 is 5.32 Å². The summed E-state index contributed by atoms with van der Waals surface area (Å²) in [5, 5.41) is 4.45. The van der Waals surface area contributed by atoms with E-state index < -0.39 is 0 Å². The Morgan fingerprint density at radius 2 is 1.83 bits per heavy atom. The first-order valence-corrected chi connectivity index (χ1v) is 8.43. The van der Waals surface area contributed by atoms with Gasteiger partial charge in [0, 0.05) is 30.7 Å². The minimum absolute atomic E-state index is 0. The molecule has 0 aromatic heterocycles. The number of nitrogens with zero attached hydrogens (tertiary/aromatic N) is 1. The number of hydrogen-bond donors (Lipinski definition) is 1. The largest absolute Gasteiger partial charge is 0.337 e. The molecule has 0 bridgehead atoms. The number of carbonyl (C=O) groups is 1. The summed E-state index contributed by atoms with van der Waals surface area (Å²) < 4.78 is 0. The number of benzene rings is 2. The molecule has 1 aliphatic heterocycles. The van der Waals surface area contributed by atoms with Crippen LogP contribution in [0, 0.1) is 0 Å². The van der Waals surface area contributed by atoms with E-state index in [1.54, 1.807) is 18.2 Å². The average molecular weight is 386 g/mol. The van der Waals surface area contributed by atoms with E-state index in [4.69, 9.17) is 23.2 Å². The van der Waals surface area contributed by atoms with Crippen LogP contribution in [0.1, 0.15) is 28.4 Å². The van der Waals surface area contributed by atoms with Crippen molar-refractivity contribution in [3.8, 4) is 0 Å². The van der Waals surface area contributed by atoms with Crippen LogP contribution in [-0.2, 0) is 0 Å². The van der Waals surface area contributed by atoms with Gasteiger partial charge in [0.1, 0.15) is 0 Å². The Bertz CT molecular complexity index is 694. The summed E-state index contributed by atoms with van der Waals surface area (Å²) in [4.78, 5) is 14.6. The third-order valence-corrected chi connectivity index (χ3v) is 4.66. The molecule has 24 heavy (non-hydrogen) atoms. The Kier molecular flexibility index (Phi) is 6.93.